The van der Waals surface area contributed by atoms with E-state index in [1.165, 1.54) is 38.5 Å². The van der Waals surface area contributed by atoms with Crippen molar-refractivity contribution in [2.75, 3.05) is 19.3 Å². The molecule has 1 heterocycles. The quantitative estimate of drug-likeness (QED) is 0.833. The average Bonchev–Trinajstić information content (AvgIpc) is 2.46. The molecule has 4 heteroatoms. The summed E-state index contributed by atoms with van der Waals surface area (Å²) in [6, 6.07) is 0.0336. The fourth-order valence-corrected chi connectivity index (χ4v) is 4.24. The molecule has 110 valence electrons. The summed E-state index contributed by atoms with van der Waals surface area (Å²) in [6.07, 6.45) is 10.9. The van der Waals surface area contributed by atoms with Crippen molar-refractivity contribution in [3.8, 4) is 0 Å². The Morgan fingerprint density at radius 2 is 2.11 bits per heavy atom. The van der Waals surface area contributed by atoms with Crippen molar-refractivity contribution >= 4 is 17.7 Å². The first-order valence-corrected chi connectivity index (χ1v) is 8.94. The topological polar surface area (TPSA) is 41.1 Å². The lowest BCUT2D eigenvalue weighted by molar-refractivity contribution is -0.124. The zero-order valence-electron chi connectivity index (χ0n) is 12.3. The molecule has 2 atom stereocenters. The molecule has 3 nitrogen and oxygen atoms in total. The third-order valence-corrected chi connectivity index (χ3v) is 6.18. The summed E-state index contributed by atoms with van der Waals surface area (Å²) >= 11 is 1.95. The van der Waals surface area contributed by atoms with Gasteiger partial charge in [0.05, 0.1) is 6.04 Å². The van der Waals surface area contributed by atoms with Crippen LogP contribution in [0, 0.1) is 5.92 Å². The van der Waals surface area contributed by atoms with Crippen molar-refractivity contribution in [1.82, 2.24) is 10.6 Å². The molecule has 2 unspecified atom stereocenters. The van der Waals surface area contributed by atoms with Crippen LogP contribution in [0.1, 0.15) is 51.9 Å². The van der Waals surface area contributed by atoms with Crippen LogP contribution in [0.25, 0.3) is 0 Å². The van der Waals surface area contributed by atoms with Crippen LogP contribution in [0.5, 0.6) is 0 Å². The van der Waals surface area contributed by atoms with Gasteiger partial charge >= 0.3 is 0 Å². The van der Waals surface area contributed by atoms with E-state index in [0.717, 1.165) is 19.5 Å². The number of carbonyl (C=O) groups excluding carboxylic acids is 1. The van der Waals surface area contributed by atoms with Crippen LogP contribution in [0.15, 0.2) is 0 Å². The van der Waals surface area contributed by atoms with Crippen LogP contribution in [-0.4, -0.2) is 36.0 Å². The van der Waals surface area contributed by atoms with E-state index < -0.39 is 0 Å². The summed E-state index contributed by atoms with van der Waals surface area (Å²) in [5.74, 6) is 0.881. The Bertz CT molecular complexity index is 303. The molecule has 2 N–H and O–H groups in total. The molecule has 2 rings (SSSR count). The van der Waals surface area contributed by atoms with Crippen molar-refractivity contribution in [2.45, 2.75) is 62.7 Å². The SMILES string of the molecule is CSC1(CNC(=O)C2CC(C)CCN2)CCCCC1. The number of nitrogens with one attached hydrogen (secondary N) is 2. The first kappa shape index (κ1) is 15.2. The molecule has 1 amide bonds. The van der Waals surface area contributed by atoms with Gasteiger partial charge in [-0.1, -0.05) is 26.2 Å². The van der Waals surface area contributed by atoms with Crippen LogP contribution in [-0.2, 0) is 4.79 Å². The highest BCUT2D eigenvalue weighted by Crippen LogP contribution is 2.37. The largest absolute Gasteiger partial charge is 0.353 e. The smallest absolute Gasteiger partial charge is 0.237 e. The molecule has 0 aromatic heterocycles. The Labute approximate surface area is 121 Å². The van der Waals surface area contributed by atoms with Gasteiger partial charge in [0.25, 0.3) is 0 Å². The minimum atomic E-state index is 0.0336. The maximum atomic E-state index is 12.3. The van der Waals surface area contributed by atoms with E-state index in [2.05, 4.69) is 23.8 Å². The Kier molecular flexibility index (Phi) is 5.58. The second-order valence-corrected chi connectivity index (χ2v) is 7.58. The van der Waals surface area contributed by atoms with Gasteiger partial charge in [0.2, 0.25) is 5.91 Å². The summed E-state index contributed by atoms with van der Waals surface area (Å²) < 4.78 is 0.300. The molecular formula is C15H28N2OS. The minimum absolute atomic E-state index is 0.0336. The van der Waals surface area contributed by atoms with Crippen LogP contribution in [0.3, 0.4) is 0 Å². The lowest BCUT2D eigenvalue weighted by Gasteiger charge is -2.36. The second-order valence-electron chi connectivity index (χ2n) is 6.30. The zero-order valence-corrected chi connectivity index (χ0v) is 13.2. The highest BCUT2D eigenvalue weighted by molar-refractivity contribution is 8.00. The normalized spacial score (nSPS) is 30.8. The molecular weight excluding hydrogens is 256 g/mol. The Balaban J connectivity index is 1.81. The van der Waals surface area contributed by atoms with Gasteiger partial charge in [-0.15, -0.1) is 0 Å². The van der Waals surface area contributed by atoms with E-state index in [0.29, 0.717) is 10.7 Å². The molecule has 1 aliphatic heterocycles. The molecule has 0 radical (unpaired) electrons. The Morgan fingerprint density at radius 1 is 1.37 bits per heavy atom. The van der Waals surface area contributed by atoms with E-state index in [1.807, 2.05) is 11.8 Å². The van der Waals surface area contributed by atoms with Crippen LogP contribution < -0.4 is 10.6 Å². The number of amides is 1. The molecule has 2 fully saturated rings. The standard InChI is InChI=1S/C15H28N2OS/c1-12-6-9-16-13(10-12)14(18)17-11-15(19-2)7-4-3-5-8-15/h12-13,16H,3-11H2,1-2H3,(H,17,18). The zero-order chi connectivity index (χ0) is 13.7. The maximum absolute atomic E-state index is 12.3. The first-order valence-electron chi connectivity index (χ1n) is 7.71. The summed E-state index contributed by atoms with van der Waals surface area (Å²) in [5.41, 5.74) is 0. The molecule has 0 aromatic carbocycles. The Hall–Kier alpha value is -0.220. The van der Waals surface area contributed by atoms with Crippen molar-refractivity contribution < 1.29 is 4.79 Å². The van der Waals surface area contributed by atoms with Gasteiger partial charge in [-0.3, -0.25) is 4.79 Å². The molecule has 1 saturated carbocycles. The number of thioether (sulfide) groups is 1. The number of rotatable bonds is 4. The fraction of sp³-hybridized carbons (Fsp3) is 0.933. The van der Waals surface area contributed by atoms with Gasteiger partial charge in [-0.25, -0.2) is 0 Å². The van der Waals surface area contributed by atoms with Gasteiger partial charge in [0, 0.05) is 11.3 Å². The van der Waals surface area contributed by atoms with E-state index in [4.69, 9.17) is 0 Å². The van der Waals surface area contributed by atoms with Crippen LogP contribution in [0.2, 0.25) is 0 Å². The highest BCUT2D eigenvalue weighted by Gasteiger charge is 2.32. The number of hydrogen-bond acceptors (Lipinski definition) is 3. The average molecular weight is 284 g/mol. The van der Waals surface area contributed by atoms with Crippen molar-refractivity contribution in [3.63, 3.8) is 0 Å². The number of piperidine rings is 1. The van der Waals surface area contributed by atoms with E-state index in [9.17, 15) is 4.79 Å². The van der Waals surface area contributed by atoms with Crippen molar-refractivity contribution in [1.29, 1.82) is 0 Å². The number of hydrogen-bond donors (Lipinski definition) is 2. The molecule has 1 saturated heterocycles. The molecule has 0 aromatic rings. The van der Waals surface area contributed by atoms with Gasteiger partial charge in [0.1, 0.15) is 0 Å². The minimum Gasteiger partial charge on any atom is -0.353 e. The lowest BCUT2D eigenvalue weighted by atomic mass is 9.88. The summed E-state index contributed by atoms with van der Waals surface area (Å²) in [6.45, 7) is 4.07. The summed E-state index contributed by atoms with van der Waals surface area (Å²) in [4.78, 5) is 12.3. The van der Waals surface area contributed by atoms with Gasteiger partial charge in [-0.05, 0) is 44.4 Å². The van der Waals surface area contributed by atoms with Crippen molar-refractivity contribution in [2.24, 2.45) is 5.92 Å². The maximum Gasteiger partial charge on any atom is 0.237 e. The first-order chi connectivity index (χ1) is 9.15. The van der Waals surface area contributed by atoms with E-state index in [1.54, 1.807) is 0 Å². The van der Waals surface area contributed by atoms with Gasteiger partial charge in [0.15, 0.2) is 0 Å². The second kappa shape index (κ2) is 6.98. The fourth-order valence-electron chi connectivity index (χ4n) is 3.33. The number of carbonyl (C=O) groups is 1. The lowest BCUT2D eigenvalue weighted by Crippen LogP contribution is -2.51. The molecule has 0 spiro atoms. The monoisotopic (exact) mass is 284 g/mol. The third kappa shape index (κ3) is 4.12. The molecule has 1 aliphatic carbocycles. The van der Waals surface area contributed by atoms with Gasteiger partial charge in [-0.2, -0.15) is 11.8 Å². The van der Waals surface area contributed by atoms with E-state index in [-0.39, 0.29) is 11.9 Å². The predicted molar refractivity (Wildman–Crippen MR) is 82.5 cm³/mol. The molecule has 2 aliphatic rings. The van der Waals surface area contributed by atoms with E-state index >= 15 is 0 Å². The van der Waals surface area contributed by atoms with Crippen LogP contribution in [0.4, 0.5) is 0 Å². The summed E-state index contributed by atoms with van der Waals surface area (Å²) in [5, 5.41) is 6.56. The Morgan fingerprint density at radius 3 is 2.74 bits per heavy atom. The van der Waals surface area contributed by atoms with Crippen LogP contribution >= 0.6 is 11.8 Å². The predicted octanol–water partition coefficient (Wildman–Crippen LogP) is 2.56. The molecule has 0 bridgehead atoms. The van der Waals surface area contributed by atoms with Crippen molar-refractivity contribution in [3.05, 3.63) is 0 Å². The third-order valence-electron chi connectivity index (χ3n) is 4.77. The molecule has 19 heavy (non-hydrogen) atoms. The highest BCUT2D eigenvalue weighted by atomic mass is 32.2. The summed E-state index contributed by atoms with van der Waals surface area (Å²) in [7, 11) is 0. The van der Waals surface area contributed by atoms with Gasteiger partial charge < -0.3 is 10.6 Å².